The molecular weight excluding hydrogens is 371 g/mol. The molecule has 1 aromatic carbocycles. The van der Waals surface area contributed by atoms with Gasteiger partial charge in [-0.15, -0.1) is 0 Å². The first kappa shape index (κ1) is 21.0. The topological polar surface area (TPSA) is 70.5 Å². The number of carbonyl (C=O) groups is 2. The Hall–Kier alpha value is -2.76. The molecule has 0 saturated carbocycles. The molecule has 0 radical (unpaired) electrons. The second-order valence-corrected chi connectivity index (χ2v) is 7.51. The fraction of sp³-hybridized carbons (Fsp3) is 0.435. The Bertz CT molecular complexity index is 867. The van der Waals surface area contributed by atoms with Gasteiger partial charge in [0, 0.05) is 13.0 Å². The Morgan fingerprint density at radius 3 is 2.62 bits per heavy atom. The van der Waals surface area contributed by atoms with E-state index in [2.05, 4.69) is 11.9 Å². The number of carboxylic acids is 1. The fourth-order valence-electron chi connectivity index (χ4n) is 3.85. The molecule has 1 fully saturated rings. The molecule has 1 N–H and O–H groups in total. The standard InChI is InChI=1S/C23H27FN2O3/c1-2-3-6-22(27)26-15-4-5-21(26)20-14-12-18(23(28)29)19(25-20)13-9-16-7-10-17(24)11-8-16/h7-8,10-12,14,21H,2-6,9,13,15H2,1H3,(H,28,29)/t21-/m0/s1. The number of carboxylic acid groups (broad SMARTS) is 1. The van der Waals surface area contributed by atoms with Crippen molar-refractivity contribution in [3.8, 4) is 0 Å². The SMILES string of the molecule is CCCCC(=O)N1CCC[C@H]1c1ccc(C(=O)O)c(CCc2ccc(F)cc2)n1. The number of amides is 1. The molecule has 29 heavy (non-hydrogen) atoms. The predicted octanol–water partition coefficient (Wildman–Crippen LogP) is 4.56. The fourth-order valence-corrected chi connectivity index (χ4v) is 3.85. The predicted molar refractivity (Wildman–Crippen MR) is 108 cm³/mol. The maximum atomic E-state index is 13.1. The average molecular weight is 398 g/mol. The van der Waals surface area contributed by atoms with Crippen molar-refractivity contribution in [3.05, 3.63) is 64.7 Å². The van der Waals surface area contributed by atoms with Crippen LogP contribution in [0.15, 0.2) is 36.4 Å². The minimum absolute atomic E-state index is 0.0910. The number of unbranched alkanes of at least 4 members (excludes halogenated alkanes) is 1. The zero-order valence-electron chi connectivity index (χ0n) is 16.7. The molecule has 1 aliphatic heterocycles. The molecule has 0 aliphatic carbocycles. The second-order valence-electron chi connectivity index (χ2n) is 7.51. The summed E-state index contributed by atoms with van der Waals surface area (Å²) < 4.78 is 13.1. The van der Waals surface area contributed by atoms with E-state index >= 15 is 0 Å². The summed E-state index contributed by atoms with van der Waals surface area (Å²) in [5, 5.41) is 9.54. The molecular formula is C23H27FN2O3. The van der Waals surface area contributed by atoms with E-state index in [1.165, 1.54) is 12.1 Å². The van der Waals surface area contributed by atoms with Crippen molar-refractivity contribution in [1.29, 1.82) is 0 Å². The highest BCUT2D eigenvalue weighted by molar-refractivity contribution is 5.88. The number of nitrogens with zero attached hydrogens (tertiary/aromatic N) is 2. The lowest BCUT2D eigenvalue weighted by Crippen LogP contribution is -2.31. The highest BCUT2D eigenvalue weighted by atomic mass is 19.1. The van der Waals surface area contributed by atoms with Crippen LogP contribution in [0.1, 0.15) is 72.4 Å². The van der Waals surface area contributed by atoms with Gasteiger partial charge in [0.25, 0.3) is 0 Å². The summed E-state index contributed by atoms with van der Waals surface area (Å²) in [5.74, 6) is -1.17. The number of likely N-dealkylation sites (tertiary alicyclic amines) is 1. The lowest BCUT2D eigenvalue weighted by atomic mass is 10.0. The molecule has 0 unspecified atom stereocenters. The summed E-state index contributed by atoms with van der Waals surface area (Å²) in [6.07, 6.45) is 5.17. The third kappa shape index (κ3) is 5.19. The first-order chi connectivity index (χ1) is 14.0. The van der Waals surface area contributed by atoms with Gasteiger partial charge in [-0.25, -0.2) is 9.18 Å². The minimum Gasteiger partial charge on any atom is -0.478 e. The van der Waals surface area contributed by atoms with E-state index in [-0.39, 0.29) is 23.3 Å². The van der Waals surface area contributed by atoms with E-state index in [1.54, 1.807) is 24.3 Å². The van der Waals surface area contributed by atoms with Crippen molar-refractivity contribution in [2.75, 3.05) is 6.54 Å². The van der Waals surface area contributed by atoms with Gasteiger partial charge in [-0.05, 0) is 61.9 Å². The maximum Gasteiger partial charge on any atom is 0.337 e. The number of carbonyl (C=O) groups excluding carboxylic acids is 1. The molecule has 0 bridgehead atoms. The van der Waals surface area contributed by atoms with Crippen molar-refractivity contribution in [1.82, 2.24) is 9.88 Å². The Balaban J connectivity index is 1.81. The van der Waals surface area contributed by atoms with Crippen molar-refractivity contribution in [2.45, 2.75) is 57.9 Å². The first-order valence-electron chi connectivity index (χ1n) is 10.3. The maximum absolute atomic E-state index is 13.1. The molecule has 5 nitrogen and oxygen atoms in total. The van der Waals surface area contributed by atoms with Gasteiger partial charge in [0.2, 0.25) is 5.91 Å². The monoisotopic (exact) mass is 398 g/mol. The van der Waals surface area contributed by atoms with E-state index in [1.807, 2.05) is 4.90 Å². The summed E-state index contributed by atoms with van der Waals surface area (Å²) in [4.78, 5) is 30.8. The van der Waals surface area contributed by atoms with Gasteiger partial charge in [0.1, 0.15) is 5.82 Å². The van der Waals surface area contributed by atoms with Gasteiger partial charge < -0.3 is 10.0 Å². The van der Waals surface area contributed by atoms with E-state index in [0.29, 0.717) is 25.0 Å². The van der Waals surface area contributed by atoms with Crippen molar-refractivity contribution in [2.24, 2.45) is 0 Å². The molecule has 1 aromatic heterocycles. The van der Waals surface area contributed by atoms with Crippen LogP contribution in [0, 0.1) is 5.82 Å². The van der Waals surface area contributed by atoms with Crippen molar-refractivity contribution in [3.63, 3.8) is 0 Å². The van der Waals surface area contributed by atoms with Crippen LogP contribution in [-0.4, -0.2) is 33.4 Å². The highest BCUT2D eigenvalue weighted by Gasteiger charge is 2.31. The van der Waals surface area contributed by atoms with Gasteiger partial charge in [-0.1, -0.05) is 25.5 Å². The van der Waals surface area contributed by atoms with E-state index in [9.17, 15) is 19.1 Å². The zero-order valence-corrected chi connectivity index (χ0v) is 16.7. The van der Waals surface area contributed by atoms with E-state index < -0.39 is 5.97 Å². The summed E-state index contributed by atoms with van der Waals surface area (Å²) in [7, 11) is 0. The molecule has 154 valence electrons. The molecule has 2 heterocycles. The Labute approximate surface area is 170 Å². The Morgan fingerprint density at radius 2 is 1.93 bits per heavy atom. The van der Waals surface area contributed by atoms with Crippen LogP contribution < -0.4 is 0 Å². The molecule has 1 aliphatic rings. The molecule has 0 spiro atoms. The van der Waals surface area contributed by atoms with Crippen LogP contribution in [0.25, 0.3) is 0 Å². The van der Waals surface area contributed by atoms with Crippen LogP contribution in [0.3, 0.4) is 0 Å². The number of aromatic carboxylic acids is 1. The average Bonchev–Trinajstić information content (AvgIpc) is 3.21. The second kappa shape index (κ2) is 9.63. The lowest BCUT2D eigenvalue weighted by Gasteiger charge is -2.25. The number of aromatic nitrogens is 1. The van der Waals surface area contributed by atoms with Crippen LogP contribution in [0.2, 0.25) is 0 Å². The van der Waals surface area contributed by atoms with Crippen LogP contribution in [0.5, 0.6) is 0 Å². The van der Waals surface area contributed by atoms with Gasteiger partial charge in [-0.2, -0.15) is 0 Å². The lowest BCUT2D eigenvalue weighted by molar-refractivity contribution is -0.132. The third-order valence-corrected chi connectivity index (χ3v) is 5.45. The molecule has 3 rings (SSSR count). The largest absolute Gasteiger partial charge is 0.478 e. The van der Waals surface area contributed by atoms with Crippen molar-refractivity contribution < 1.29 is 19.1 Å². The van der Waals surface area contributed by atoms with Gasteiger partial charge >= 0.3 is 5.97 Å². The first-order valence-corrected chi connectivity index (χ1v) is 10.3. The minimum atomic E-state index is -1.01. The number of hydrogen-bond acceptors (Lipinski definition) is 3. The molecule has 1 amide bonds. The van der Waals surface area contributed by atoms with E-state index in [4.69, 9.17) is 0 Å². The summed E-state index contributed by atoms with van der Waals surface area (Å²) in [5.41, 5.74) is 2.36. The van der Waals surface area contributed by atoms with E-state index in [0.717, 1.165) is 43.5 Å². The third-order valence-electron chi connectivity index (χ3n) is 5.45. The Kier molecular flexibility index (Phi) is 6.96. The molecule has 6 heteroatoms. The Morgan fingerprint density at radius 1 is 1.17 bits per heavy atom. The molecule has 1 atom stereocenters. The molecule has 2 aromatic rings. The highest BCUT2D eigenvalue weighted by Crippen LogP contribution is 2.32. The number of pyridine rings is 1. The summed E-state index contributed by atoms with van der Waals surface area (Å²) >= 11 is 0. The zero-order chi connectivity index (χ0) is 20.8. The van der Waals surface area contributed by atoms with Gasteiger partial charge in [0.15, 0.2) is 0 Å². The normalized spacial score (nSPS) is 16.2. The quantitative estimate of drug-likeness (QED) is 0.708. The summed E-state index contributed by atoms with van der Waals surface area (Å²) in [6, 6.07) is 9.44. The van der Waals surface area contributed by atoms with Crippen LogP contribution in [0.4, 0.5) is 4.39 Å². The van der Waals surface area contributed by atoms with Gasteiger partial charge in [-0.3, -0.25) is 9.78 Å². The number of halogens is 1. The van der Waals surface area contributed by atoms with Crippen LogP contribution >= 0.6 is 0 Å². The number of hydrogen-bond donors (Lipinski definition) is 1. The summed E-state index contributed by atoms with van der Waals surface area (Å²) in [6.45, 7) is 2.79. The number of rotatable bonds is 8. The smallest absolute Gasteiger partial charge is 0.337 e. The number of benzene rings is 1. The van der Waals surface area contributed by atoms with Crippen molar-refractivity contribution >= 4 is 11.9 Å². The molecule has 1 saturated heterocycles. The number of aryl methyl sites for hydroxylation is 2. The van der Waals surface area contributed by atoms with Gasteiger partial charge in [0.05, 0.1) is 23.0 Å². The van der Waals surface area contributed by atoms with Crippen LogP contribution in [-0.2, 0) is 17.6 Å².